The van der Waals surface area contributed by atoms with Crippen LogP contribution in [-0.4, -0.2) is 42.5 Å². The highest BCUT2D eigenvalue weighted by molar-refractivity contribution is 5.79. The van der Waals surface area contributed by atoms with Crippen LogP contribution in [0.15, 0.2) is 0 Å². The molecule has 0 aromatic rings. The monoisotopic (exact) mass is 278 g/mol. The minimum Gasteiger partial charge on any atom is -0.456 e. The Morgan fingerprint density at radius 3 is 2.58 bits per heavy atom. The quantitative estimate of drug-likeness (QED) is 0.577. The number of carbonyl (C=O) groups excluding carboxylic acids is 2. The summed E-state index contributed by atoms with van der Waals surface area (Å²) in [7, 11) is 0. The highest BCUT2D eigenvalue weighted by atomic mass is 19.3. The maximum Gasteiger partial charge on any atom is 0.377 e. The molecule has 5 nitrogen and oxygen atoms in total. The summed E-state index contributed by atoms with van der Waals surface area (Å²) in [5.74, 6) is -4.96. The van der Waals surface area contributed by atoms with Crippen LogP contribution in [0.2, 0.25) is 0 Å². The minimum atomic E-state index is -3.38. The average molecular weight is 278 g/mol. The van der Waals surface area contributed by atoms with Gasteiger partial charge in [-0.25, -0.2) is 4.79 Å². The number of cyclic esters (lactones) is 1. The van der Waals surface area contributed by atoms with Crippen molar-refractivity contribution < 1.29 is 23.1 Å². The first-order valence-corrected chi connectivity index (χ1v) is 6.21. The maximum atomic E-state index is 12.8. The van der Waals surface area contributed by atoms with Crippen LogP contribution in [0.3, 0.4) is 0 Å². The molecule has 1 heterocycles. The lowest BCUT2D eigenvalue weighted by atomic mass is 10.1. The van der Waals surface area contributed by atoms with Crippen molar-refractivity contribution >= 4 is 11.9 Å². The summed E-state index contributed by atoms with van der Waals surface area (Å²) in [6, 6.07) is 0. The Morgan fingerprint density at radius 2 is 2.11 bits per heavy atom. The summed E-state index contributed by atoms with van der Waals surface area (Å²) in [4.78, 5) is 22.2. The number of nitrogens with one attached hydrogen (secondary N) is 2. The van der Waals surface area contributed by atoms with Crippen molar-refractivity contribution in [2.24, 2.45) is 0 Å². The van der Waals surface area contributed by atoms with E-state index >= 15 is 0 Å². The van der Waals surface area contributed by atoms with E-state index in [4.69, 9.17) is 0 Å². The number of rotatable bonds is 5. The van der Waals surface area contributed by atoms with Crippen LogP contribution >= 0.6 is 0 Å². The molecule has 2 N–H and O–H groups in total. The number of ether oxygens (including phenoxy) is 1. The van der Waals surface area contributed by atoms with Crippen molar-refractivity contribution in [3.63, 3.8) is 0 Å². The molecule has 0 aliphatic carbocycles. The fourth-order valence-corrected chi connectivity index (χ4v) is 1.71. The van der Waals surface area contributed by atoms with Crippen molar-refractivity contribution in [1.29, 1.82) is 0 Å². The van der Waals surface area contributed by atoms with Gasteiger partial charge in [0, 0.05) is 25.0 Å². The molecule has 1 rings (SSSR count). The van der Waals surface area contributed by atoms with Crippen LogP contribution in [0.5, 0.6) is 0 Å². The normalized spacial score (nSPS) is 22.2. The third kappa shape index (κ3) is 5.50. The lowest BCUT2D eigenvalue weighted by molar-refractivity contribution is -0.159. The molecular weight excluding hydrogens is 258 g/mol. The first-order valence-electron chi connectivity index (χ1n) is 6.21. The molecule has 7 heteroatoms. The zero-order valence-electron chi connectivity index (χ0n) is 11.4. The second-order valence-electron chi connectivity index (χ2n) is 5.69. The van der Waals surface area contributed by atoms with Gasteiger partial charge < -0.3 is 15.4 Å². The molecule has 110 valence electrons. The van der Waals surface area contributed by atoms with Crippen molar-refractivity contribution in [2.45, 2.75) is 51.2 Å². The molecule has 0 saturated carbocycles. The largest absolute Gasteiger partial charge is 0.456 e. The molecule has 0 bridgehead atoms. The molecule has 0 aromatic heterocycles. The Bertz CT molecular complexity index is 353. The van der Waals surface area contributed by atoms with Gasteiger partial charge in [0.2, 0.25) is 5.91 Å². The van der Waals surface area contributed by atoms with Gasteiger partial charge in [-0.2, -0.15) is 8.78 Å². The summed E-state index contributed by atoms with van der Waals surface area (Å²) in [6.45, 7) is 6.10. The molecule has 1 fully saturated rings. The maximum absolute atomic E-state index is 12.8. The second-order valence-corrected chi connectivity index (χ2v) is 5.69. The van der Waals surface area contributed by atoms with Gasteiger partial charge in [-0.3, -0.25) is 4.79 Å². The fourth-order valence-electron chi connectivity index (χ4n) is 1.71. The average Bonchev–Trinajstić information content (AvgIpc) is 2.45. The highest BCUT2D eigenvalue weighted by Gasteiger charge is 2.50. The molecule has 0 spiro atoms. The van der Waals surface area contributed by atoms with Gasteiger partial charge in [-0.05, 0) is 20.8 Å². The molecule has 0 aromatic carbocycles. The van der Waals surface area contributed by atoms with Crippen LogP contribution in [-0.2, 0) is 14.3 Å². The Balaban J connectivity index is 2.16. The molecule has 1 atom stereocenters. The van der Waals surface area contributed by atoms with E-state index in [-0.39, 0.29) is 24.4 Å². The van der Waals surface area contributed by atoms with E-state index in [2.05, 4.69) is 15.4 Å². The standard InChI is InChI=1S/C12H20F2N2O3/c1-11(2,3)16-9(17)4-5-15-7-8-6-12(13,14)10(18)19-8/h8,15H,4-7H2,1-3H3,(H,16,17). The van der Waals surface area contributed by atoms with E-state index in [1.54, 1.807) is 0 Å². The fraction of sp³-hybridized carbons (Fsp3) is 0.833. The van der Waals surface area contributed by atoms with E-state index in [9.17, 15) is 18.4 Å². The molecule has 0 radical (unpaired) electrons. The van der Waals surface area contributed by atoms with Gasteiger partial charge >= 0.3 is 11.9 Å². The van der Waals surface area contributed by atoms with Crippen LogP contribution in [0, 0.1) is 0 Å². The molecule has 1 aliphatic heterocycles. The third-order valence-electron chi connectivity index (χ3n) is 2.47. The summed E-state index contributed by atoms with van der Waals surface area (Å²) >= 11 is 0. The molecule has 1 saturated heterocycles. The van der Waals surface area contributed by atoms with Crippen LogP contribution in [0.1, 0.15) is 33.6 Å². The van der Waals surface area contributed by atoms with Crippen LogP contribution < -0.4 is 10.6 Å². The minimum absolute atomic E-state index is 0.117. The predicted molar refractivity (Wildman–Crippen MR) is 64.8 cm³/mol. The number of alkyl halides is 2. The van der Waals surface area contributed by atoms with Crippen LogP contribution in [0.4, 0.5) is 8.78 Å². The third-order valence-corrected chi connectivity index (χ3v) is 2.47. The number of halogens is 2. The zero-order valence-corrected chi connectivity index (χ0v) is 11.4. The zero-order chi connectivity index (χ0) is 14.7. The SMILES string of the molecule is CC(C)(C)NC(=O)CCNCC1CC(F)(F)C(=O)O1. The molecule has 19 heavy (non-hydrogen) atoms. The lowest BCUT2D eigenvalue weighted by Crippen LogP contribution is -2.42. The van der Waals surface area contributed by atoms with Gasteiger partial charge in [0.25, 0.3) is 0 Å². The summed E-state index contributed by atoms with van der Waals surface area (Å²) in [6.07, 6.45) is -1.19. The van der Waals surface area contributed by atoms with E-state index < -0.39 is 24.4 Å². The summed E-state index contributed by atoms with van der Waals surface area (Å²) in [5.41, 5.74) is -0.292. The predicted octanol–water partition coefficient (Wildman–Crippen LogP) is 0.832. The summed E-state index contributed by atoms with van der Waals surface area (Å²) < 4.78 is 30.2. The van der Waals surface area contributed by atoms with E-state index in [0.717, 1.165) is 0 Å². The molecule has 1 amide bonds. The molecular formula is C12H20F2N2O3. The second kappa shape index (κ2) is 5.81. The number of hydrogen-bond acceptors (Lipinski definition) is 4. The Morgan fingerprint density at radius 1 is 1.47 bits per heavy atom. The molecule has 1 unspecified atom stereocenters. The summed E-state index contributed by atoms with van der Waals surface area (Å²) in [5, 5.41) is 5.61. The van der Waals surface area contributed by atoms with Gasteiger partial charge in [0.15, 0.2) is 0 Å². The Labute approximate surface area is 111 Å². The lowest BCUT2D eigenvalue weighted by Gasteiger charge is -2.20. The van der Waals surface area contributed by atoms with Crippen LogP contribution in [0.25, 0.3) is 0 Å². The Kier molecular flexibility index (Phi) is 4.84. The van der Waals surface area contributed by atoms with E-state index in [0.29, 0.717) is 6.54 Å². The van der Waals surface area contributed by atoms with Gasteiger partial charge in [-0.1, -0.05) is 0 Å². The number of hydrogen-bond donors (Lipinski definition) is 2. The van der Waals surface area contributed by atoms with Crippen molar-refractivity contribution in [3.05, 3.63) is 0 Å². The number of amides is 1. The van der Waals surface area contributed by atoms with Gasteiger partial charge in [0.05, 0.1) is 6.42 Å². The highest BCUT2D eigenvalue weighted by Crippen LogP contribution is 2.30. The Hall–Kier alpha value is -1.24. The van der Waals surface area contributed by atoms with Crippen molar-refractivity contribution in [1.82, 2.24) is 10.6 Å². The van der Waals surface area contributed by atoms with Crippen molar-refractivity contribution in [3.8, 4) is 0 Å². The molecule has 1 aliphatic rings. The number of esters is 1. The van der Waals surface area contributed by atoms with E-state index in [1.165, 1.54) is 0 Å². The topological polar surface area (TPSA) is 67.4 Å². The van der Waals surface area contributed by atoms with E-state index in [1.807, 2.05) is 20.8 Å². The smallest absolute Gasteiger partial charge is 0.377 e. The van der Waals surface area contributed by atoms with Gasteiger partial charge in [-0.15, -0.1) is 0 Å². The van der Waals surface area contributed by atoms with Crippen molar-refractivity contribution in [2.75, 3.05) is 13.1 Å². The first-order chi connectivity index (χ1) is 8.60. The number of carbonyl (C=O) groups is 2. The van der Waals surface area contributed by atoms with Gasteiger partial charge in [0.1, 0.15) is 6.10 Å². The first kappa shape index (κ1) is 15.8.